The smallest absolute Gasteiger partial charge is 0.239 e. The van der Waals surface area contributed by atoms with Crippen molar-refractivity contribution in [3.8, 4) is 0 Å². The van der Waals surface area contributed by atoms with Gasteiger partial charge in [-0.25, -0.2) is 0 Å². The molecule has 18 heavy (non-hydrogen) atoms. The summed E-state index contributed by atoms with van der Waals surface area (Å²) in [5.41, 5.74) is 5.74. The van der Waals surface area contributed by atoms with E-state index in [2.05, 4.69) is 5.32 Å². The summed E-state index contributed by atoms with van der Waals surface area (Å²) >= 11 is 0. The number of piperidine rings is 1. The third-order valence-corrected chi connectivity index (χ3v) is 3.41. The molecular formula is C13H25N3O2. The van der Waals surface area contributed by atoms with Crippen LogP contribution in [0.25, 0.3) is 0 Å². The number of nitrogens with zero attached hydrogens (tertiary/aromatic N) is 1. The average molecular weight is 255 g/mol. The van der Waals surface area contributed by atoms with Gasteiger partial charge in [-0.15, -0.1) is 0 Å². The molecule has 0 radical (unpaired) electrons. The van der Waals surface area contributed by atoms with Crippen molar-refractivity contribution in [1.82, 2.24) is 10.2 Å². The van der Waals surface area contributed by atoms with E-state index in [1.807, 2.05) is 18.7 Å². The molecule has 1 aliphatic heterocycles. The molecule has 1 aliphatic rings. The topological polar surface area (TPSA) is 75.4 Å². The first-order valence-electron chi connectivity index (χ1n) is 6.92. The predicted molar refractivity (Wildman–Crippen MR) is 70.9 cm³/mol. The lowest BCUT2D eigenvalue weighted by Crippen LogP contribution is -2.50. The number of amides is 2. The lowest BCUT2D eigenvalue weighted by molar-refractivity contribution is -0.133. The molecule has 2 amide bonds. The first-order chi connectivity index (χ1) is 8.58. The molecule has 1 atom stereocenters. The number of nitrogens with two attached hydrogens (primary N) is 1. The Labute approximate surface area is 109 Å². The van der Waals surface area contributed by atoms with E-state index < -0.39 is 0 Å². The van der Waals surface area contributed by atoms with Crippen LogP contribution in [-0.4, -0.2) is 41.9 Å². The summed E-state index contributed by atoms with van der Waals surface area (Å²) in [7, 11) is 0. The van der Waals surface area contributed by atoms with E-state index in [1.54, 1.807) is 0 Å². The molecule has 3 N–H and O–H groups in total. The van der Waals surface area contributed by atoms with Crippen molar-refractivity contribution in [3.63, 3.8) is 0 Å². The highest BCUT2D eigenvalue weighted by Gasteiger charge is 2.25. The zero-order valence-corrected chi connectivity index (χ0v) is 11.4. The number of hydrogen-bond donors (Lipinski definition) is 2. The Balaban J connectivity index is 2.32. The molecule has 0 bridgehead atoms. The molecule has 5 nitrogen and oxygen atoms in total. The Morgan fingerprint density at radius 3 is 2.44 bits per heavy atom. The first-order valence-corrected chi connectivity index (χ1v) is 6.92. The van der Waals surface area contributed by atoms with Gasteiger partial charge in [0.2, 0.25) is 11.8 Å². The Hall–Kier alpha value is -1.10. The van der Waals surface area contributed by atoms with Gasteiger partial charge in [-0.3, -0.25) is 9.59 Å². The van der Waals surface area contributed by atoms with Gasteiger partial charge in [-0.1, -0.05) is 13.8 Å². The van der Waals surface area contributed by atoms with Gasteiger partial charge in [0.25, 0.3) is 0 Å². The lowest BCUT2D eigenvalue weighted by Gasteiger charge is -2.33. The van der Waals surface area contributed by atoms with E-state index in [9.17, 15) is 9.59 Å². The van der Waals surface area contributed by atoms with Crippen molar-refractivity contribution in [2.75, 3.05) is 13.1 Å². The SMILES string of the molecule is CCCC(=O)NC1CCN(C(=O)[C@@H](N)CC)CC1. The number of carbonyl (C=O) groups is 2. The van der Waals surface area contributed by atoms with Gasteiger partial charge in [0.15, 0.2) is 0 Å². The molecule has 0 saturated carbocycles. The summed E-state index contributed by atoms with van der Waals surface area (Å²) in [5.74, 6) is 0.156. The average Bonchev–Trinajstić information content (AvgIpc) is 2.38. The molecule has 1 saturated heterocycles. The van der Waals surface area contributed by atoms with E-state index in [-0.39, 0.29) is 23.9 Å². The number of likely N-dealkylation sites (tertiary alicyclic amines) is 1. The van der Waals surface area contributed by atoms with Crippen LogP contribution in [-0.2, 0) is 9.59 Å². The van der Waals surface area contributed by atoms with Crippen molar-refractivity contribution in [2.24, 2.45) is 5.73 Å². The van der Waals surface area contributed by atoms with E-state index in [1.165, 1.54) is 0 Å². The first kappa shape index (κ1) is 15.0. The Morgan fingerprint density at radius 2 is 1.94 bits per heavy atom. The minimum atomic E-state index is -0.378. The zero-order valence-electron chi connectivity index (χ0n) is 11.4. The molecule has 0 spiro atoms. The number of nitrogens with one attached hydrogen (secondary N) is 1. The third kappa shape index (κ3) is 4.29. The maximum atomic E-state index is 11.9. The minimum Gasteiger partial charge on any atom is -0.353 e. The van der Waals surface area contributed by atoms with Crippen molar-refractivity contribution in [1.29, 1.82) is 0 Å². The zero-order chi connectivity index (χ0) is 13.5. The fourth-order valence-electron chi connectivity index (χ4n) is 2.18. The quantitative estimate of drug-likeness (QED) is 0.756. The second-order valence-electron chi connectivity index (χ2n) is 4.93. The molecule has 0 aromatic rings. The van der Waals surface area contributed by atoms with E-state index in [4.69, 9.17) is 5.73 Å². The van der Waals surface area contributed by atoms with Gasteiger partial charge >= 0.3 is 0 Å². The third-order valence-electron chi connectivity index (χ3n) is 3.41. The van der Waals surface area contributed by atoms with Crippen molar-refractivity contribution in [3.05, 3.63) is 0 Å². The van der Waals surface area contributed by atoms with Crippen molar-refractivity contribution < 1.29 is 9.59 Å². The monoisotopic (exact) mass is 255 g/mol. The van der Waals surface area contributed by atoms with Crippen LogP contribution in [0.2, 0.25) is 0 Å². The maximum Gasteiger partial charge on any atom is 0.239 e. The van der Waals surface area contributed by atoms with E-state index in [0.29, 0.717) is 25.9 Å². The molecule has 0 aliphatic carbocycles. The molecule has 0 aromatic carbocycles. The second-order valence-corrected chi connectivity index (χ2v) is 4.93. The van der Waals surface area contributed by atoms with Gasteiger partial charge < -0.3 is 16.0 Å². The highest BCUT2D eigenvalue weighted by atomic mass is 16.2. The van der Waals surface area contributed by atoms with Crippen LogP contribution in [0.5, 0.6) is 0 Å². The largest absolute Gasteiger partial charge is 0.353 e. The van der Waals surface area contributed by atoms with Crippen molar-refractivity contribution in [2.45, 2.75) is 58.0 Å². The summed E-state index contributed by atoms with van der Waals surface area (Å²) < 4.78 is 0. The number of hydrogen-bond acceptors (Lipinski definition) is 3. The Kier molecular flexibility index (Phi) is 6.12. The van der Waals surface area contributed by atoms with Crippen LogP contribution in [0.1, 0.15) is 46.0 Å². The molecule has 1 rings (SSSR count). The molecule has 5 heteroatoms. The van der Waals surface area contributed by atoms with Crippen LogP contribution in [0.4, 0.5) is 0 Å². The summed E-state index contributed by atoms with van der Waals surface area (Å²) in [6.07, 6.45) is 3.79. The highest BCUT2D eigenvalue weighted by molar-refractivity contribution is 5.81. The fraction of sp³-hybridized carbons (Fsp3) is 0.846. The highest BCUT2D eigenvalue weighted by Crippen LogP contribution is 2.12. The molecule has 104 valence electrons. The fourth-order valence-corrected chi connectivity index (χ4v) is 2.18. The summed E-state index contributed by atoms with van der Waals surface area (Å²) in [6.45, 7) is 5.31. The number of carbonyl (C=O) groups excluding carboxylic acids is 2. The summed E-state index contributed by atoms with van der Waals surface area (Å²) in [5, 5.41) is 3.01. The van der Waals surface area contributed by atoms with Gasteiger partial charge in [0, 0.05) is 25.6 Å². The van der Waals surface area contributed by atoms with E-state index in [0.717, 1.165) is 19.3 Å². The van der Waals surface area contributed by atoms with Crippen LogP contribution in [0.3, 0.4) is 0 Å². The van der Waals surface area contributed by atoms with Crippen LogP contribution >= 0.6 is 0 Å². The Bertz CT molecular complexity index is 286. The lowest BCUT2D eigenvalue weighted by atomic mass is 10.0. The van der Waals surface area contributed by atoms with E-state index >= 15 is 0 Å². The normalized spacial score (nSPS) is 18.5. The second kappa shape index (κ2) is 7.36. The summed E-state index contributed by atoms with van der Waals surface area (Å²) in [4.78, 5) is 25.2. The number of rotatable bonds is 5. The molecule has 1 heterocycles. The Morgan fingerprint density at radius 1 is 1.33 bits per heavy atom. The van der Waals surface area contributed by atoms with Gasteiger partial charge in [-0.2, -0.15) is 0 Å². The molecule has 0 aromatic heterocycles. The molecule has 1 fully saturated rings. The predicted octanol–water partition coefficient (Wildman–Crippen LogP) is 0.631. The van der Waals surface area contributed by atoms with Crippen LogP contribution < -0.4 is 11.1 Å². The van der Waals surface area contributed by atoms with Crippen LogP contribution in [0, 0.1) is 0 Å². The maximum absolute atomic E-state index is 11.9. The minimum absolute atomic E-state index is 0.0378. The molecular weight excluding hydrogens is 230 g/mol. The van der Waals surface area contributed by atoms with Gasteiger partial charge in [0.1, 0.15) is 0 Å². The van der Waals surface area contributed by atoms with Gasteiger partial charge in [0.05, 0.1) is 6.04 Å². The van der Waals surface area contributed by atoms with Gasteiger partial charge in [-0.05, 0) is 25.7 Å². The van der Waals surface area contributed by atoms with Crippen LogP contribution in [0.15, 0.2) is 0 Å². The molecule has 0 unspecified atom stereocenters. The van der Waals surface area contributed by atoms with Crippen molar-refractivity contribution >= 4 is 11.8 Å². The standard InChI is InChI=1S/C13H25N3O2/c1-3-5-12(17)15-10-6-8-16(9-7-10)13(18)11(14)4-2/h10-11H,3-9,14H2,1-2H3,(H,15,17)/t11-/m0/s1. The summed E-state index contributed by atoms with van der Waals surface area (Å²) in [6, 6.07) is -0.165.